The predicted octanol–water partition coefficient (Wildman–Crippen LogP) is 3.59. The van der Waals surface area contributed by atoms with E-state index in [0.29, 0.717) is 36.7 Å². The number of nitrogens with two attached hydrogens (primary N) is 1. The number of amides is 1. The number of benzene rings is 1. The van der Waals surface area contributed by atoms with Crippen molar-refractivity contribution in [1.82, 2.24) is 14.9 Å². The van der Waals surface area contributed by atoms with E-state index in [0.717, 1.165) is 6.07 Å². The van der Waals surface area contributed by atoms with E-state index in [1.54, 1.807) is 11.8 Å². The van der Waals surface area contributed by atoms with Crippen LogP contribution in [0, 0.1) is 11.7 Å². The number of anilines is 1. The molecule has 0 bridgehead atoms. The molecule has 3 heterocycles. The van der Waals surface area contributed by atoms with Gasteiger partial charge < -0.3 is 20.7 Å². The molecule has 2 aliphatic rings. The van der Waals surface area contributed by atoms with Crippen LogP contribution >= 0.6 is 11.6 Å². The summed E-state index contributed by atoms with van der Waals surface area (Å²) in [6.45, 7) is 2.93. The molecule has 172 valence electrons. The van der Waals surface area contributed by atoms with Gasteiger partial charge in [-0.3, -0.25) is 4.79 Å². The largest absolute Gasteiger partial charge is 0.380 e. The van der Waals surface area contributed by atoms with Crippen LogP contribution in [0.4, 0.5) is 19.0 Å². The molecule has 1 aromatic heterocycles. The molecule has 0 radical (unpaired) electrons. The first-order valence-corrected chi connectivity index (χ1v) is 10.6. The molecule has 1 aromatic carbocycles. The van der Waals surface area contributed by atoms with Crippen LogP contribution in [0.2, 0.25) is 5.28 Å². The molecule has 1 amide bonds. The summed E-state index contributed by atoms with van der Waals surface area (Å²) in [5.74, 6) is -1.07. The molecular formula is C21H23ClF3N5O2. The van der Waals surface area contributed by atoms with E-state index in [1.807, 2.05) is 0 Å². The average molecular weight is 470 g/mol. The van der Waals surface area contributed by atoms with Crippen molar-refractivity contribution < 1.29 is 22.7 Å². The number of hydrogen-bond acceptors (Lipinski definition) is 6. The molecule has 1 fully saturated rings. The van der Waals surface area contributed by atoms with Crippen molar-refractivity contribution in [3.63, 3.8) is 0 Å². The number of rotatable bonds is 5. The Hall–Kier alpha value is -2.43. The Morgan fingerprint density at radius 3 is 2.78 bits per heavy atom. The molecule has 3 N–H and O–H groups in total. The fourth-order valence-electron chi connectivity index (χ4n) is 4.16. The smallest absolute Gasteiger partial charge is 0.266 e. The van der Waals surface area contributed by atoms with Crippen molar-refractivity contribution in [2.24, 2.45) is 11.7 Å². The van der Waals surface area contributed by atoms with Crippen LogP contribution in [0.25, 0.3) is 0 Å². The summed E-state index contributed by atoms with van der Waals surface area (Å²) < 4.78 is 46.1. The van der Waals surface area contributed by atoms with Crippen LogP contribution in [-0.4, -0.2) is 40.0 Å². The summed E-state index contributed by atoms with van der Waals surface area (Å²) in [4.78, 5) is 23.1. The lowest BCUT2D eigenvalue weighted by molar-refractivity contribution is -0.140. The van der Waals surface area contributed by atoms with E-state index >= 15 is 0 Å². The maximum Gasteiger partial charge on any atom is 0.266 e. The van der Waals surface area contributed by atoms with Gasteiger partial charge in [-0.15, -0.1) is 0 Å². The Labute approximate surface area is 188 Å². The molecule has 3 atom stereocenters. The number of carbonyl (C=O) groups is 1. The standard InChI is InChI=1S/C21H23ClF3N5O2/c1-10(11-3-2-4-13(17(11)23)18(24)25)27-19-14-7-30(8-16(14)28-21(22)29-19)20(31)12-5-6-32-9-15(12)26/h2-4,10,12,15,18H,5-9,26H2,1H3,(H,27,28,29)/t10-,12+,15-/m1/s1. The molecule has 0 saturated carbocycles. The zero-order chi connectivity index (χ0) is 23.0. The number of hydrogen-bond donors (Lipinski definition) is 2. The number of fused-ring (bicyclic) bond motifs is 1. The van der Waals surface area contributed by atoms with Gasteiger partial charge in [-0.05, 0) is 24.9 Å². The van der Waals surface area contributed by atoms with Crippen molar-refractivity contribution in [2.75, 3.05) is 18.5 Å². The van der Waals surface area contributed by atoms with Gasteiger partial charge in [-0.25, -0.2) is 23.1 Å². The van der Waals surface area contributed by atoms with Gasteiger partial charge in [0.2, 0.25) is 11.2 Å². The number of nitrogens with zero attached hydrogens (tertiary/aromatic N) is 3. The van der Waals surface area contributed by atoms with Crippen molar-refractivity contribution in [3.05, 3.63) is 51.7 Å². The number of aromatic nitrogens is 2. The normalized spacial score (nSPS) is 21.5. The van der Waals surface area contributed by atoms with Crippen LogP contribution in [0.1, 0.15) is 48.2 Å². The van der Waals surface area contributed by atoms with Crippen LogP contribution in [0.3, 0.4) is 0 Å². The maximum atomic E-state index is 14.6. The topological polar surface area (TPSA) is 93.4 Å². The number of carbonyl (C=O) groups excluding carboxylic acids is 1. The highest BCUT2D eigenvalue weighted by atomic mass is 35.5. The van der Waals surface area contributed by atoms with Gasteiger partial charge in [0.25, 0.3) is 6.43 Å². The predicted molar refractivity (Wildman–Crippen MR) is 112 cm³/mol. The maximum absolute atomic E-state index is 14.6. The Kier molecular flexibility index (Phi) is 6.55. The molecule has 7 nitrogen and oxygen atoms in total. The lowest BCUT2D eigenvalue weighted by Crippen LogP contribution is -2.47. The second-order valence-electron chi connectivity index (χ2n) is 8.01. The monoisotopic (exact) mass is 469 g/mol. The van der Waals surface area contributed by atoms with Gasteiger partial charge >= 0.3 is 0 Å². The van der Waals surface area contributed by atoms with Gasteiger partial charge in [-0.1, -0.05) is 18.2 Å². The van der Waals surface area contributed by atoms with Crippen LogP contribution < -0.4 is 11.1 Å². The van der Waals surface area contributed by atoms with Crippen molar-refractivity contribution in [2.45, 2.75) is 44.9 Å². The first kappa shape index (κ1) is 22.8. The minimum Gasteiger partial charge on any atom is -0.380 e. The van der Waals surface area contributed by atoms with E-state index in [9.17, 15) is 18.0 Å². The average Bonchev–Trinajstić information content (AvgIpc) is 3.17. The SMILES string of the molecule is C[C@@H](Nc1nc(Cl)nc2c1CN(C(=O)[C@H]1CCOC[C@H]1N)C2)c1cccc(C(F)F)c1F. The third kappa shape index (κ3) is 4.39. The lowest BCUT2D eigenvalue weighted by atomic mass is 9.94. The second kappa shape index (κ2) is 9.21. The zero-order valence-corrected chi connectivity index (χ0v) is 18.1. The zero-order valence-electron chi connectivity index (χ0n) is 17.3. The molecule has 2 aliphatic heterocycles. The fourth-order valence-corrected chi connectivity index (χ4v) is 4.34. The van der Waals surface area contributed by atoms with E-state index in [4.69, 9.17) is 22.1 Å². The Bertz CT molecular complexity index is 1030. The Balaban J connectivity index is 1.56. The summed E-state index contributed by atoms with van der Waals surface area (Å²) >= 11 is 6.08. The summed E-state index contributed by atoms with van der Waals surface area (Å²) in [6.07, 6.45) is -2.38. The summed E-state index contributed by atoms with van der Waals surface area (Å²) in [5.41, 5.74) is 6.71. The highest BCUT2D eigenvalue weighted by Gasteiger charge is 2.36. The minimum atomic E-state index is -2.92. The molecule has 2 aromatic rings. The number of alkyl halides is 2. The number of halogens is 4. The van der Waals surface area contributed by atoms with Crippen molar-refractivity contribution in [1.29, 1.82) is 0 Å². The van der Waals surface area contributed by atoms with Crippen molar-refractivity contribution in [3.8, 4) is 0 Å². The summed E-state index contributed by atoms with van der Waals surface area (Å²) in [5, 5.41) is 3.02. The Morgan fingerprint density at radius 2 is 2.06 bits per heavy atom. The molecule has 0 spiro atoms. The lowest BCUT2D eigenvalue weighted by Gasteiger charge is -2.30. The quantitative estimate of drug-likeness (QED) is 0.650. The minimum absolute atomic E-state index is 0.0303. The molecule has 11 heteroatoms. The van der Waals surface area contributed by atoms with E-state index in [-0.39, 0.29) is 41.8 Å². The van der Waals surface area contributed by atoms with Crippen LogP contribution in [0.5, 0.6) is 0 Å². The molecule has 1 saturated heterocycles. The molecular weight excluding hydrogens is 447 g/mol. The Morgan fingerprint density at radius 1 is 1.31 bits per heavy atom. The van der Waals surface area contributed by atoms with Crippen LogP contribution in [-0.2, 0) is 22.6 Å². The second-order valence-corrected chi connectivity index (χ2v) is 8.35. The van der Waals surface area contributed by atoms with Crippen molar-refractivity contribution >= 4 is 23.3 Å². The van der Waals surface area contributed by atoms with Gasteiger partial charge in [0.15, 0.2) is 0 Å². The van der Waals surface area contributed by atoms with Gasteiger partial charge in [0.05, 0.1) is 42.9 Å². The van der Waals surface area contributed by atoms with Gasteiger partial charge in [0, 0.05) is 23.8 Å². The molecule has 0 unspecified atom stereocenters. The fraction of sp³-hybridized carbons (Fsp3) is 0.476. The first-order chi connectivity index (χ1) is 15.3. The third-order valence-electron chi connectivity index (χ3n) is 5.90. The van der Waals surface area contributed by atoms with Gasteiger partial charge in [-0.2, -0.15) is 0 Å². The molecule has 32 heavy (non-hydrogen) atoms. The van der Waals surface area contributed by atoms with E-state index in [2.05, 4.69) is 15.3 Å². The first-order valence-electron chi connectivity index (χ1n) is 10.3. The molecule has 0 aliphatic carbocycles. The third-order valence-corrected chi connectivity index (χ3v) is 6.07. The van der Waals surface area contributed by atoms with Crippen LogP contribution in [0.15, 0.2) is 18.2 Å². The van der Waals surface area contributed by atoms with Gasteiger partial charge in [0.1, 0.15) is 11.6 Å². The highest BCUT2D eigenvalue weighted by Crippen LogP contribution is 2.34. The van der Waals surface area contributed by atoms with E-state index < -0.39 is 23.8 Å². The summed E-state index contributed by atoms with van der Waals surface area (Å²) in [7, 11) is 0. The number of nitrogens with one attached hydrogen (secondary N) is 1. The molecule has 4 rings (SSSR count). The number of ether oxygens (including phenoxy) is 1. The highest BCUT2D eigenvalue weighted by molar-refractivity contribution is 6.28. The summed E-state index contributed by atoms with van der Waals surface area (Å²) in [6, 6.07) is 2.81. The van der Waals surface area contributed by atoms with E-state index in [1.165, 1.54) is 12.1 Å².